The van der Waals surface area contributed by atoms with E-state index in [1.807, 2.05) is 47.4 Å². The van der Waals surface area contributed by atoms with Gasteiger partial charge in [0.1, 0.15) is 6.61 Å². The van der Waals surface area contributed by atoms with E-state index in [1.54, 1.807) is 0 Å². The molecular formula is C19H21N3O2. The predicted molar refractivity (Wildman–Crippen MR) is 95.1 cm³/mol. The molecule has 2 heterocycles. The second kappa shape index (κ2) is 6.53. The molecule has 0 spiro atoms. The van der Waals surface area contributed by atoms with Gasteiger partial charge in [-0.1, -0.05) is 24.3 Å². The molecule has 0 aromatic heterocycles. The number of ether oxygens (including phenoxy) is 1. The number of hydrogen-bond acceptors (Lipinski definition) is 4. The molecule has 2 aromatic rings. The third-order valence-electron chi connectivity index (χ3n) is 4.55. The number of amides is 1. The molecule has 2 aliphatic rings. The first kappa shape index (κ1) is 15.0. The molecule has 24 heavy (non-hydrogen) atoms. The summed E-state index contributed by atoms with van der Waals surface area (Å²) in [5.74, 6) is 0.854. The molecule has 2 aliphatic heterocycles. The molecule has 0 atom stereocenters. The van der Waals surface area contributed by atoms with E-state index in [0.29, 0.717) is 18.7 Å². The van der Waals surface area contributed by atoms with Crippen LogP contribution < -0.4 is 19.9 Å². The summed E-state index contributed by atoms with van der Waals surface area (Å²) < 4.78 is 5.97. The zero-order valence-corrected chi connectivity index (χ0v) is 13.6. The maximum absolute atomic E-state index is 12.9. The van der Waals surface area contributed by atoms with Crippen molar-refractivity contribution in [3.8, 4) is 5.75 Å². The maximum Gasteiger partial charge on any atom is 0.258 e. The van der Waals surface area contributed by atoms with Crippen LogP contribution in [0.2, 0.25) is 0 Å². The highest BCUT2D eigenvalue weighted by Gasteiger charge is 2.28. The number of anilines is 2. The number of carbonyl (C=O) groups excluding carboxylic acids is 1. The molecule has 4 rings (SSSR count). The van der Waals surface area contributed by atoms with Gasteiger partial charge in [0, 0.05) is 31.7 Å². The number of fused-ring (bicyclic) bond motifs is 1. The van der Waals surface area contributed by atoms with Gasteiger partial charge in [-0.3, -0.25) is 4.79 Å². The summed E-state index contributed by atoms with van der Waals surface area (Å²) in [5.41, 5.74) is 2.66. The van der Waals surface area contributed by atoms with Gasteiger partial charge in [-0.15, -0.1) is 0 Å². The van der Waals surface area contributed by atoms with Crippen molar-refractivity contribution < 1.29 is 9.53 Å². The van der Waals surface area contributed by atoms with Crippen molar-refractivity contribution in [3.05, 3.63) is 54.1 Å². The lowest BCUT2D eigenvalue weighted by atomic mass is 10.1. The molecule has 1 fully saturated rings. The van der Waals surface area contributed by atoms with Crippen LogP contribution >= 0.6 is 0 Å². The van der Waals surface area contributed by atoms with Gasteiger partial charge in [0.25, 0.3) is 5.91 Å². The molecule has 0 radical (unpaired) electrons. The first-order valence-corrected chi connectivity index (χ1v) is 8.43. The Bertz CT molecular complexity index is 727. The van der Waals surface area contributed by atoms with Gasteiger partial charge < -0.3 is 19.9 Å². The van der Waals surface area contributed by atoms with Crippen molar-refractivity contribution in [3.63, 3.8) is 0 Å². The van der Waals surface area contributed by atoms with Gasteiger partial charge >= 0.3 is 0 Å². The number of hydrogen-bond donors (Lipinski definition) is 1. The normalized spacial score (nSPS) is 17.2. The molecule has 1 saturated heterocycles. The van der Waals surface area contributed by atoms with Crippen molar-refractivity contribution in [2.45, 2.75) is 0 Å². The maximum atomic E-state index is 12.9. The lowest BCUT2D eigenvalue weighted by molar-refractivity contribution is 0.0976. The zero-order valence-electron chi connectivity index (χ0n) is 13.6. The quantitative estimate of drug-likeness (QED) is 0.920. The zero-order chi connectivity index (χ0) is 16.4. The van der Waals surface area contributed by atoms with Crippen molar-refractivity contribution in [1.29, 1.82) is 0 Å². The van der Waals surface area contributed by atoms with E-state index in [-0.39, 0.29) is 5.91 Å². The minimum absolute atomic E-state index is 0.0256. The summed E-state index contributed by atoms with van der Waals surface area (Å²) in [4.78, 5) is 17.1. The van der Waals surface area contributed by atoms with Crippen molar-refractivity contribution >= 4 is 17.3 Å². The number of nitrogens with one attached hydrogen (secondary N) is 1. The van der Waals surface area contributed by atoms with Crippen LogP contribution in [0, 0.1) is 0 Å². The van der Waals surface area contributed by atoms with E-state index >= 15 is 0 Å². The van der Waals surface area contributed by atoms with Gasteiger partial charge in [0.05, 0.1) is 17.9 Å². The number of piperazine rings is 1. The Morgan fingerprint density at radius 3 is 2.46 bits per heavy atom. The SMILES string of the molecule is O=C(c1ccccc1)N1CCOc2c(N3CCNCC3)cccc21. The van der Waals surface area contributed by atoms with E-state index in [1.165, 1.54) is 0 Å². The molecule has 1 amide bonds. The molecule has 2 aromatic carbocycles. The Morgan fingerprint density at radius 2 is 1.67 bits per heavy atom. The van der Waals surface area contributed by atoms with Crippen molar-refractivity contribution in [2.75, 3.05) is 49.1 Å². The van der Waals surface area contributed by atoms with Crippen LogP contribution in [-0.4, -0.2) is 45.2 Å². The molecule has 0 unspecified atom stereocenters. The van der Waals surface area contributed by atoms with Gasteiger partial charge in [-0.05, 0) is 24.3 Å². The summed E-state index contributed by atoms with van der Waals surface area (Å²) in [6.45, 7) is 4.94. The van der Waals surface area contributed by atoms with Gasteiger partial charge in [-0.25, -0.2) is 0 Å². The van der Waals surface area contributed by atoms with Crippen LogP contribution in [0.1, 0.15) is 10.4 Å². The van der Waals surface area contributed by atoms with E-state index in [9.17, 15) is 4.79 Å². The van der Waals surface area contributed by atoms with E-state index in [4.69, 9.17) is 4.74 Å². The van der Waals surface area contributed by atoms with Crippen LogP contribution in [0.3, 0.4) is 0 Å². The number of para-hydroxylation sites is 1. The first-order valence-electron chi connectivity index (χ1n) is 8.43. The third-order valence-corrected chi connectivity index (χ3v) is 4.55. The molecular weight excluding hydrogens is 302 g/mol. The van der Waals surface area contributed by atoms with E-state index in [0.717, 1.165) is 43.3 Å². The summed E-state index contributed by atoms with van der Waals surface area (Å²) >= 11 is 0. The summed E-state index contributed by atoms with van der Waals surface area (Å²) in [6, 6.07) is 15.5. The van der Waals surface area contributed by atoms with Crippen LogP contribution in [-0.2, 0) is 0 Å². The largest absolute Gasteiger partial charge is 0.487 e. The standard InChI is InChI=1S/C19H21N3O2/c23-19(15-5-2-1-3-6-15)22-13-14-24-18-16(7-4-8-17(18)22)21-11-9-20-10-12-21/h1-8,20H,9-14H2. The van der Waals surface area contributed by atoms with Gasteiger partial charge in [0.2, 0.25) is 0 Å². The first-order chi connectivity index (χ1) is 11.8. The van der Waals surface area contributed by atoms with Gasteiger partial charge in [0.15, 0.2) is 5.75 Å². The lowest BCUT2D eigenvalue weighted by Gasteiger charge is -2.35. The average molecular weight is 323 g/mol. The van der Waals surface area contributed by atoms with Crippen molar-refractivity contribution in [1.82, 2.24) is 5.32 Å². The smallest absolute Gasteiger partial charge is 0.258 e. The lowest BCUT2D eigenvalue weighted by Crippen LogP contribution is -2.44. The fourth-order valence-electron chi connectivity index (χ4n) is 3.34. The second-order valence-corrected chi connectivity index (χ2v) is 6.03. The summed E-state index contributed by atoms with van der Waals surface area (Å²) in [5, 5.41) is 3.37. The van der Waals surface area contributed by atoms with E-state index < -0.39 is 0 Å². The topological polar surface area (TPSA) is 44.8 Å². The molecule has 5 heteroatoms. The van der Waals surface area contributed by atoms with Gasteiger partial charge in [-0.2, -0.15) is 0 Å². The van der Waals surface area contributed by atoms with Crippen LogP contribution in [0.5, 0.6) is 5.75 Å². The Labute approximate surface area is 141 Å². The number of carbonyl (C=O) groups is 1. The fourth-order valence-corrected chi connectivity index (χ4v) is 3.34. The monoisotopic (exact) mass is 323 g/mol. The molecule has 0 bridgehead atoms. The number of benzene rings is 2. The minimum Gasteiger partial charge on any atom is -0.487 e. The number of rotatable bonds is 2. The Balaban J connectivity index is 1.69. The molecule has 124 valence electrons. The Hall–Kier alpha value is -2.53. The van der Waals surface area contributed by atoms with E-state index in [2.05, 4.69) is 16.3 Å². The average Bonchev–Trinajstić information content (AvgIpc) is 2.68. The highest BCUT2D eigenvalue weighted by atomic mass is 16.5. The fraction of sp³-hybridized carbons (Fsp3) is 0.316. The predicted octanol–water partition coefficient (Wildman–Crippen LogP) is 2.14. The number of nitrogens with zero attached hydrogens (tertiary/aromatic N) is 2. The molecule has 0 aliphatic carbocycles. The van der Waals surface area contributed by atoms with Crippen LogP contribution in [0.4, 0.5) is 11.4 Å². The third kappa shape index (κ3) is 2.71. The van der Waals surface area contributed by atoms with Crippen LogP contribution in [0.25, 0.3) is 0 Å². The molecule has 1 N–H and O–H groups in total. The molecule has 5 nitrogen and oxygen atoms in total. The Morgan fingerprint density at radius 1 is 0.917 bits per heavy atom. The summed E-state index contributed by atoms with van der Waals surface area (Å²) in [6.07, 6.45) is 0. The van der Waals surface area contributed by atoms with Crippen LogP contribution in [0.15, 0.2) is 48.5 Å². The second-order valence-electron chi connectivity index (χ2n) is 6.03. The molecule has 0 saturated carbocycles. The summed E-state index contributed by atoms with van der Waals surface area (Å²) in [7, 11) is 0. The highest BCUT2D eigenvalue weighted by Crippen LogP contribution is 2.40. The highest BCUT2D eigenvalue weighted by molar-refractivity contribution is 6.07. The Kier molecular flexibility index (Phi) is 4.09. The minimum atomic E-state index is 0.0256. The van der Waals surface area contributed by atoms with Crippen molar-refractivity contribution in [2.24, 2.45) is 0 Å².